The number of aldehydes is 1. The van der Waals surface area contributed by atoms with Crippen LogP contribution in [-0.2, 0) is 6.11 Å². The lowest BCUT2D eigenvalue weighted by Crippen LogP contribution is -2.25. The summed E-state index contributed by atoms with van der Waals surface area (Å²) in [7, 11) is 0. The van der Waals surface area contributed by atoms with Crippen molar-refractivity contribution in [1.82, 2.24) is 0 Å². The molecule has 0 spiro atoms. The van der Waals surface area contributed by atoms with Gasteiger partial charge in [-0.2, -0.15) is 8.78 Å². The molecule has 0 heterocycles. The number of halogens is 7. The molecule has 2 aromatic rings. The molecule has 134 valence electrons. The van der Waals surface area contributed by atoms with Crippen LogP contribution in [0.5, 0.6) is 11.5 Å². The van der Waals surface area contributed by atoms with Crippen LogP contribution in [-0.4, -0.2) is 12.6 Å². The molecule has 0 aliphatic rings. The summed E-state index contributed by atoms with van der Waals surface area (Å²) in [6, 6.07) is 3.54. The maximum Gasteiger partial charge on any atom is 0.573 e. The second-order valence-corrected chi connectivity index (χ2v) is 4.62. The molecule has 0 atom stereocenters. The summed E-state index contributed by atoms with van der Waals surface area (Å²) in [4.78, 5) is 10.4. The fourth-order valence-electron chi connectivity index (χ4n) is 1.85. The Hall–Kier alpha value is -2.78. The maximum atomic E-state index is 14.0. The van der Waals surface area contributed by atoms with Gasteiger partial charge >= 0.3 is 12.5 Å². The Balaban J connectivity index is 2.25. The van der Waals surface area contributed by atoms with Crippen LogP contribution in [0.1, 0.15) is 15.9 Å². The van der Waals surface area contributed by atoms with E-state index in [4.69, 9.17) is 0 Å². The summed E-state index contributed by atoms with van der Waals surface area (Å²) in [6.45, 7) is 0. The van der Waals surface area contributed by atoms with Gasteiger partial charge in [0, 0.05) is 5.56 Å². The smallest absolute Gasteiger partial charge is 0.429 e. The molecule has 25 heavy (non-hydrogen) atoms. The number of carbonyl (C=O) groups is 1. The van der Waals surface area contributed by atoms with Crippen LogP contribution in [0.2, 0.25) is 0 Å². The first-order valence-electron chi connectivity index (χ1n) is 6.39. The van der Waals surface area contributed by atoms with Gasteiger partial charge in [-0.05, 0) is 36.4 Å². The number of hydrogen-bond donors (Lipinski definition) is 0. The Morgan fingerprint density at radius 3 is 1.64 bits per heavy atom. The number of alkyl halides is 5. The van der Waals surface area contributed by atoms with E-state index in [0.29, 0.717) is 36.4 Å². The van der Waals surface area contributed by atoms with E-state index in [-0.39, 0.29) is 6.29 Å². The van der Waals surface area contributed by atoms with Crippen molar-refractivity contribution in [2.24, 2.45) is 0 Å². The molecule has 0 saturated carbocycles. The van der Waals surface area contributed by atoms with Crippen molar-refractivity contribution in [2.75, 3.05) is 0 Å². The molecule has 0 radical (unpaired) electrons. The van der Waals surface area contributed by atoms with E-state index in [2.05, 4.69) is 9.47 Å². The maximum absolute atomic E-state index is 14.0. The summed E-state index contributed by atoms with van der Waals surface area (Å²) >= 11 is 0. The predicted molar refractivity (Wildman–Crippen MR) is 69.4 cm³/mol. The van der Waals surface area contributed by atoms with Gasteiger partial charge in [0.2, 0.25) is 0 Å². The third-order valence-electron chi connectivity index (χ3n) is 2.79. The highest BCUT2D eigenvalue weighted by Gasteiger charge is 2.41. The summed E-state index contributed by atoms with van der Waals surface area (Å²) < 4.78 is 98.9. The lowest BCUT2D eigenvalue weighted by molar-refractivity contribution is -0.274. The van der Waals surface area contributed by atoms with Crippen LogP contribution in [0.4, 0.5) is 30.7 Å². The SMILES string of the molecule is O=Cc1cc(F)c(C(F)(F)Oc2ccc(OC(F)(F)F)cc2)c(F)c1. The van der Waals surface area contributed by atoms with Crippen molar-refractivity contribution >= 4 is 6.29 Å². The summed E-state index contributed by atoms with van der Waals surface area (Å²) in [5.41, 5.74) is -2.24. The van der Waals surface area contributed by atoms with Gasteiger partial charge in [0.1, 0.15) is 35.0 Å². The lowest BCUT2D eigenvalue weighted by atomic mass is 10.1. The van der Waals surface area contributed by atoms with Crippen molar-refractivity contribution in [2.45, 2.75) is 12.5 Å². The van der Waals surface area contributed by atoms with Crippen molar-refractivity contribution in [3.8, 4) is 11.5 Å². The first-order valence-corrected chi connectivity index (χ1v) is 6.39. The lowest BCUT2D eigenvalue weighted by Gasteiger charge is -2.19. The number of hydrogen-bond acceptors (Lipinski definition) is 3. The zero-order valence-electron chi connectivity index (χ0n) is 11.9. The van der Waals surface area contributed by atoms with Gasteiger partial charge in [0.05, 0.1) is 0 Å². The van der Waals surface area contributed by atoms with Gasteiger partial charge in [-0.25, -0.2) is 8.78 Å². The van der Waals surface area contributed by atoms with Gasteiger partial charge in [0.15, 0.2) is 0 Å². The zero-order valence-corrected chi connectivity index (χ0v) is 11.9. The summed E-state index contributed by atoms with van der Waals surface area (Å²) in [5.74, 6) is -4.80. The number of carbonyl (C=O) groups excluding carboxylic acids is 1. The Kier molecular flexibility index (Phi) is 4.91. The average Bonchev–Trinajstić information content (AvgIpc) is 2.46. The van der Waals surface area contributed by atoms with Crippen LogP contribution < -0.4 is 9.47 Å². The Morgan fingerprint density at radius 2 is 1.24 bits per heavy atom. The molecule has 0 saturated heterocycles. The molecule has 0 unspecified atom stereocenters. The number of rotatable bonds is 5. The highest BCUT2D eigenvalue weighted by Crippen LogP contribution is 2.36. The van der Waals surface area contributed by atoms with Crippen molar-refractivity contribution in [3.05, 3.63) is 59.2 Å². The van der Waals surface area contributed by atoms with E-state index in [1.807, 2.05) is 0 Å². The fraction of sp³-hybridized carbons (Fsp3) is 0.133. The first kappa shape index (κ1) is 18.6. The van der Waals surface area contributed by atoms with Crippen LogP contribution in [0.15, 0.2) is 36.4 Å². The fourth-order valence-corrected chi connectivity index (χ4v) is 1.85. The Labute approximate surface area is 135 Å². The van der Waals surface area contributed by atoms with Crippen molar-refractivity contribution < 1.29 is 45.0 Å². The quantitative estimate of drug-likeness (QED) is 0.562. The van der Waals surface area contributed by atoms with E-state index in [0.717, 1.165) is 0 Å². The van der Waals surface area contributed by atoms with Crippen LogP contribution in [0.3, 0.4) is 0 Å². The minimum atomic E-state index is -4.97. The molecule has 0 N–H and O–H groups in total. The van der Waals surface area contributed by atoms with Crippen LogP contribution in [0, 0.1) is 11.6 Å². The normalized spacial score (nSPS) is 12.0. The average molecular weight is 368 g/mol. The van der Waals surface area contributed by atoms with Crippen LogP contribution in [0.25, 0.3) is 0 Å². The molecule has 0 amide bonds. The molecule has 0 bridgehead atoms. The van der Waals surface area contributed by atoms with E-state index in [1.165, 1.54) is 0 Å². The Bertz CT molecular complexity index is 747. The van der Waals surface area contributed by atoms with Gasteiger partial charge in [-0.15, -0.1) is 13.2 Å². The van der Waals surface area contributed by atoms with Crippen molar-refractivity contribution in [3.63, 3.8) is 0 Å². The minimum Gasteiger partial charge on any atom is -0.429 e. The standard InChI is InChI=1S/C15H7F7O3/c16-11-5-8(7-23)6-12(17)13(11)14(18,19)24-9-1-3-10(4-2-9)25-15(20,21)22/h1-7H. The second-order valence-electron chi connectivity index (χ2n) is 4.62. The second kappa shape index (κ2) is 6.61. The minimum absolute atomic E-state index is 0.0638. The van der Waals surface area contributed by atoms with Gasteiger partial charge in [-0.1, -0.05) is 0 Å². The largest absolute Gasteiger partial charge is 0.573 e. The van der Waals surface area contributed by atoms with Crippen LogP contribution >= 0.6 is 0 Å². The molecular formula is C15H7F7O3. The molecule has 2 aromatic carbocycles. The third-order valence-corrected chi connectivity index (χ3v) is 2.79. The highest BCUT2D eigenvalue weighted by molar-refractivity contribution is 5.74. The van der Waals surface area contributed by atoms with Gasteiger partial charge < -0.3 is 9.47 Å². The Morgan fingerprint density at radius 1 is 0.800 bits per heavy atom. The monoisotopic (exact) mass is 368 g/mol. The molecule has 0 aliphatic carbocycles. The first-order chi connectivity index (χ1) is 11.5. The molecule has 0 fully saturated rings. The molecule has 0 aliphatic heterocycles. The van der Waals surface area contributed by atoms with E-state index in [9.17, 15) is 35.5 Å². The molecule has 10 heteroatoms. The topological polar surface area (TPSA) is 35.5 Å². The summed E-state index contributed by atoms with van der Waals surface area (Å²) in [5, 5.41) is 0. The predicted octanol–water partition coefficient (Wildman–Crippen LogP) is 4.80. The zero-order chi connectivity index (χ0) is 18.8. The molecule has 0 aromatic heterocycles. The van der Waals surface area contributed by atoms with Crippen molar-refractivity contribution in [1.29, 1.82) is 0 Å². The van der Waals surface area contributed by atoms with Gasteiger partial charge in [-0.3, -0.25) is 4.79 Å². The molecule has 3 nitrogen and oxygen atoms in total. The van der Waals surface area contributed by atoms with E-state index >= 15 is 0 Å². The van der Waals surface area contributed by atoms with E-state index in [1.54, 1.807) is 0 Å². The molecular weight excluding hydrogens is 361 g/mol. The summed E-state index contributed by atoms with van der Waals surface area (Å²) in [6.07, 6.45) is -9.39. The van der Waals surface area contributed by atoms with Gasteiger partial charge in [0.25, 0.3) is 0 Å². The van der Waals surface area contributed by atoms with E-state index < -0.39 is 46.7 Å². The number of ether oxygens (including phenoxy) is 2. The highest BCUT2D eigenvalue weighted by atomic mass is 19.4. The molecule has 2 rings (SSSR count). The third kappa shape index (κ3) is 4.61. The number of benzene rings is 2.